The van der Waals surface area contributed by atoms with E-state index in [0.717, 1.165) is 22.2 Å². The topological polar surface area (TPSA) is 72.5 Å². The number of benzene rings is 1. The molecule has 0 atom stereocenters. The van der Waals surface area contributed by atoms with Gasteiger partial charge in [0.15, 0.2) is 0 Å². The summed E-state index contributed by atoms with van der Waals surface area (Å²) >= 11 is 4.89. The van der Waals surface area contributed by atoms with Crippen molar-refractivity contribution in [1.82, 2.24) is 4.98 Å². The first kappa shape index (κ1) is 14.8. The summed E-state index contributed by atoms with van der Waals surface area (Å²) < 4.78 is 6.50. The Morgan fingerprint density at radius 2 is 2.40 bits per heavy atom. The summed E-state index contributed by atoms with van der Waals surface area (Å²) in [6.07, 6.45) is 2.70. The normalized spacial score (nSPS) is 10.9. The van der Waals surface area contributed by atoms with Gasteiger partial charge in [-0.25, -0.2) is 4.98 Å². The number of nitrogens with one attached hydrogen (secondary N) is 1. The van der Waals surface area contributed by atoms with Crippen molar-refractivity contribution >= 4 is 44.4 Å². The highest BCUT2D eigenvalue weighted by molar-refractivity contribution is 9.10. The molecule has 1 aromatic carbocycles. The molecule has 3 N–H and O–H groups in total. The molecule has 1 heterocycles. The van der Waals surface area contributed by atoms with Crippen molar-refractivity contribution in [3.8, 4) is 5.75 Å². The molecule has 2 rings (SSSR count). The Balaban J connectivity index is 1.97. The van der Waals surface area contributed by atoms with E-state index in [1.807, 2.05) is 18.2 Å². The minimum absolute atomic E-state index is 0.493. The number of hydrogen-bond acceptors (Lipinski definition) is 6. The first-order valence-electron chi connectivity index (χ1n) is 6.11. The van der Waals surface area contributed by atoms with E-state index in [0.29, 0.717) is 17.6 Å². The standard InChI is InChI=1S/C13H15BrN4OS/c1-2-5-19-11-4-3-9(6-10(11)14)7-16-18-13-17-12(15)8-20-13/h3-4,6-8H,2,5,15H2,1H3,(H,17,18). The van der Waals surface area contributed by atoms with Crippen LogP contribution in [0, 0.1) is 0 Å². The monoisotopic (exact) mass is 354 g/mol. The molecule has 2 aromatic rings. The highest BCUT2D eigenvalue weighted by Crippen LogP contribution is 2.25. The van der Waals surface area contributed by atoms with Crippen LogP contribution in [0.4, 0.5) is 10.9 Å². The second kappa shape index (κ2) is 7.25. The molecule has 0 saturated carbocycles. The van der Waals surface area contributed by atoms with Crippen molar-refractivity contribution in [3.05, 3.63) is 33.6 Å². The Bertz CT molecular complexity index is 600. The van der Waals surface area contributed by atoms with Gasteiger partial charge in [0.2, 0.25) is 5.13 Å². The van der Waals surface area contributed by atoms with Crippen LogP contribution in [0.5, 0.6) is 5.75 Å². The van der Waals surface area contributed by atoms with Crippen molar-refractivity contribution < 1.29 is 4.74 Å². The zero-order chi connectivity index (χ0) is 14.4. The Morgan fingerprint density at radius 3 is 3.05 bits per heavy atom. The molecule has 0 amide bonds. The summed E-state index contributed by atoms with van der Waals surface area (Å²) in [7, 11) is 0. The fourth-order valence-corrected chi connectivity index (χ4v) is 2.49. The van der Waals surface area contributed by atoms with Crippen LogP contribution in [0.3, 0.4) is 0 Å². The number of nitrogens with two attached hydrogens (primary N) is 1. The number of nitrogen functional groups attached to an aromatic ring is 1. The lowest BCUT2D eigenvalue weighted by Gasteiger charge is -2.07. The Morgan fingerprint density at radius 1 is 1.55 bits per heavy atom. The van der Waals surface area contributed by atoms with Gasteiger partial charge in [0.25, 0.3) is 0 Å². The van der Waals surface area contributed by atoms with Gasteiger partial charge in [-0.2, -0.15) is 5.10 Å². The number of nitrogens with zero attached hydrogens (tertiary/aromatic N) is 2. The van der Waals surface area contributed by atoms with Gasteiger partial charge in [-0.3, -0.25) is 5.43 Å². The van der Waals surface area contributed by atoms with Gasteiger partial charge in [-0.05, 0) is 46.1 Å². The molecule has 0 aliphatic carbocycles. The van der Waals surface area contributed by atoms with E-state index in [-0.39, 0.29) is 0 Å². The Kier molecular flexibility index (Phi) is 5.37. The van der Waals surface area contributed by atoms with Crippen LogP contribution in [-0.4, -0.2) is 17.8 Å². The van der Waals surface area contributed by atoms with E-state index in [1.165, 1.54) is 11.3 Å². The molecule has 0 saturated heterocycles. The summed E-state index contributed by atoms with van der Waals surface area (Å²) in [6, 6.07) is 5.81. The minimum Gasteiger partial charge on any atom is -0.492 e. The molecule has 5 nitrogen and oxygen atoms in total. The van der Waals surface area contributed by atoms with Crippen molar-refractivity contribution in [2.24, 2.45) is 5.10 Å². The van der Waals surface area contributed by atoms with E-state index in [2.05, 4.69) is 38.4 Å². The number of hydrogen-bond donors (Lipinski definition) is 2. The molecule has 7 heteroatoms. The second-order valence-corrected chi connectivity index (χ2v) is 5.70. The lowest BCUT2D eigenvalue weighted by molar-refractivity contribution is 0.315. The summed E-state index contributed by atoms with van der Waals surface area (Å²) in [4.78, 5) is 4.05. The second-order valence-electron chi connectivity index (χ2n) is 3.99. The van der Waals surface area contributed by atoms with Crippen LogP contribution >= 0.6 is 27.3 Å². The lowest BCUT2D eigenvalue weighted by atomic mass is 10.2. The fraction of sp³-hybridized carbons (Fsp3) is 0.231. The predicted molar refractivity (Wildman–Crippen MR) is 87.7 cm³/mol. The molecule has 106 valence electrons. The molecule has 1 aromatic heterocycles. The maximum atomic E-state index is 5.59. The zero-order valence-corrected chi connectivity index (χ0v) is 13.4. The van der Waals surface area contributed by atoms with Gasteiger partial charge in [0.05, 0.1) is 17.3 Å². The number of rotatable bonds is 6. The van der Waals surface area contributed by atoms with Crippen LogP contribution in [0.15, 0.2) is 33.2 Å². The zero-order valence-electron chi connectivity index (χ0n) is 11.0. The summed E-state index contributed by atoms with van der Waals surface area (Å²) in [5.41, 5.74) is 9.31. The van der Waals surface area contributed by atoms with Crippen molar-refractivity contribution in [3.63, 3.8) is 0 Å². The largest absolute Gasteiger partial charge is 0.492 e. The summed E-state index contributed by atoms with van der Waals surface area (Å²) in [5.74, 6) is 1.33. The van der Waals surface area contributed by atoms with Crippen molar-refractivity contribution in [2.45, 2.75) is 13.3 Å². The van der Waals surface area contributed by atoms with Gasteiger partial charge in [-0.1, -0.05) is 6.92 Å². The van der Waals surface area contributed by atoms with E-state index in [1.54, 1.807) is 11.6 Å². The van der Waals surface area contributed by atoms with Crippen LogP contribution in [0.25, 0.3) is 0 Å². The maximum Gasteiger partial charge on any atom is 0.205 e. The third kappa shape index (κ3) is 4.21. The average Bonchev–Trinajstić information content (AvgIpc) is 2.84. The third-order valence-electron chi connectivity index (χ3n) is 2.31. The number of anilines is 2. The smallest absolute Gasteiger partial charge is 0.205 e. The molecule has 0 bridgehead atoms. The molecule has 0 aliphatic rings. The van der Waals surface area contributed by atoms with Crippen LogP contribution in [0.2, 0.25) is 0 Å². The molecule has 0 fully saturated rings. The highest BCUT2D eigenvalue weighted by Gasteiger charge is 2.01. The number of ether oxygens (including phenoxy) is 1. The van der Waals surface area contributed by atoms with Crippen LogP contribution < -0.4 is 15.9 Å². The molecular formula is C13H15BrN4OS. The fourth-order valence-electron chi connectivity index (χ4n) is 1.43. The Hall–Kier alpha value is -1.60. The molecule has 0 spiro atoms. The number of thiazole rings is 1. The third-order valence-corrected chi connectivity index (χ3v) is 3.70. The number of hydrazone groups is 1. The quantitative estimate of drug-likeness (QED) is 0.612. The van der Waals surface area contributed by atoms with Crippen LogP contribution in [-0.2, 0) is 0 Å². The van der Waals surface area contributed by atoms with Gasteiger partial charge in [-0.15, -0.1) is 11.3 Å². The van der Waals surface area contributed by atoms with Crippen LogP contribution in [0.1, 0.15) is 18.9 Å². The van der Waals surface area contributed by atoms with Gasteiger partial charge < -0.3 is 10.5 Å². The van der Waals surface area contributed by atoms with E-state index in [9.17, 15) is 0 Å². The molecule has 0 aliphatic heterocycles. The molecule has 0 radical (unpaired) electrons. The van der Waals surface area contributed by atoms with Gasteiger partial charge >= 0.3 is 0 Å². The lowest BCUT2D eigenvalue weighted by Crippen LogP contribution is -1.96. The average molecular weight is 355 g/mol. The number of halogens is 1. The summed E-state index contributed by atoms with van der Waals surface area (Å²) in [5, 5.41) is 6.54. The SMILES string of the molecule is CCCOc1ccc(C=NNc2nc(N)cs2)cc1Br. The van der Waals surface area contributed by atoms with E-state index < -0.39 is 0 Å². The Labute approximate surface area is 130 Å². The molecule has 0 unspecified atom stereocenters. The van der Waals surface area contributed by atoms with E-state index >= 15 is 0 Å². The van der Waals surface area contributed by atoms with Gasteiger partial charge in [0, 0.05) is 5.38 Å². The van der Waals surface area contributed by atoms with Crippen molar-refractivity contribution in [1.29, 1.82) is 0 Å². The van der Waals surface area contributed by atoms with Gasteiger partial charge in [0.1, 0.15) is 11.6 Å². The molecular weight excluding hydrogens is 340 g/mol. The van der Waals surface area contributed by atoms with E-state index in [4.69, 9.17) is 10.5 Å². The maximum absolute atomic E-state index is 5.59. The predicted octanol–water partition coefficient (Wildman–Crippen LogP) is 3.72. The minimum atomic E-state index is 0.493. The first-order valence-corrected chi connectivity index (χ1v) is 7.78. The summed E-state index contributed by atoms with van der Waals surface area (Å²) in [6.45, 7) is 2.78. The van der Waals surface area contributed by atoms with Crippen molar-refractivity contribution in [2.75, 3.05) is 17.8 Å². The highest BCUT2D eigenvalue weighted by atomic mass is 79.9. The first-order chi connectivity index (χ1) is 9.69. The number of aromatic nitrogens is 1. The molecule has 20 heavy (non-hydrogen) atoms.